The number of rotatable bonds is 22. The molecule has 11 nitrogen and oxygen atoms in total. The van der Waals surface area contributed by atoms with Crippen LogP contribution in [0, 0.1) is 0 Å². The maximum atomic E-state index is 14.0. The number of alkyl halides is 3. The molecule has 0 heterocycles. The summed E-state index contributed by atoms with van der Waals surface area (Å²) in [7, 11) is 1.84. The van der Waals surface area contributed by atoms with Gasteiger partial charge in [0, 0.05) is 36.9 Å². The molecule has 5 rings (SSSR count). The highest BCUT2D eigenvalue weighted by Gasteiger charge is 2.26. The number of esters is 2. The maximum Gasteiger partial charge on any atom is 0.391 e. The molecule has 320 valence electrons. The lowest BCUT2D eigenvalue weighted by atomic mass is 9.92. The van der Waals surface area contributed by atoms with Crippen LogP contribution in [0.15, 0.2) is 109 Å². The normalized spacial score (nSPS) is 11.1. The van der Waals surface area contributed by atoms with E-state index in [-0.39, 0.29) is 55.1 Å². The summed E-state index contributed by atoms with van der Waals surface area (Å²) in [5, 5.41) is 3.06. The predicted octanol–water partition coefficient (Wildman–Crippen LogP) is 10.3. The summed E-state index contributed by atoms with van der Waals surface area (Å²) in [5.74, 6) is -0.0443. The largest absolute Gasteiger partial charge is 0.460 e. The Kier molecular flexibility index (Phi) is 16.6. The first-order chi connectivity index (χ1) is 29.3. The Balaban J connectivity index is 1.31. The Morgan fingerprint density at radius 3 is 1.49 bits per heavy atom. The Labute approximate surface area is 351 Å². The van der Waals surface area contributed by atoms with E-state index in [4.69, 9.17) is 28.4 Å². The minimum absolute atomic E-state index is 0.000962. The third kappa shape index (κ3) is 14.0. The molecule has 0 spiro atoms. The molecule has 1 N–H and O–H groups in total. The van der Waals surface area contributed by atoms with Gasteiger partial charge < -0.3 is 33.7 Å². The highest BCUT2D eigenvalue weighted by Crippen LogP contribution is 2.30. The number of carbonyl (C=O) groups is 4. The molecular weight excluding hydrogens is 796 g/mol. The van der Waals surface area contributed by atoms with E-state index in [0.29, 0.717) is 46.3 Å². The van der Waals surface area contributed by atoms with Crippen LogP contribution in [0.4, 0.5) is 18.9 Å². The molecule has 0 amide bonds. The fourth-order valence-electron chi connectivity index (χ4n) is 5.90. The van der Waals surface area contributed by atoms with Gasteiger partial charge in [-0.25, -0.2) is 9.59 Å². The number of Topliss-reactive ketones (excluding diaryl/α,β-unsaturated/α-hetero) is 2. The maximum absolute atomic E-state index is 14.0. The van der Waals surface area contributed by atoms with E-state index < -0.39 is 42.7 Å². The van der Waals surface area contributed by atoms with Crippen molar-refractivity contribution in [1.29, 1.82) is 0 Å². The van der Waals surface area contributed by atoms with Gasteiger partial charge in [-0.2, -0.15) is 13.2 Å². The first kappa shape index (κ1) is 45.6. The smallest absolute Gasteiger partial charge is 0.391 e. The van der Waals surface area contributed by atoms with E-state index >= 15 is 0 Å². The van der Waals surface area contributed by atoms with Crippen LogP contribution in [-0.2, 0) is 25.4 Å². The van der Waals surface area contributed by atoms with Gasteiger partial charge in [0.2, 0.25) is 0 Å². The second kappa shape index (κ2) is 22.2. The van der Waals surface area contributed by atoms with Gasteiger partial charge in [-0.3, -0.25) is 9.59 Å². The van der Waals surface area contributed by atoms with Gasteiger partial charge in [-0.05, 0) is 115 Å². The third-order valence-electron chi connectivity index (χ3n) is 9.02. The van der Waals surface area contributed by atoms with E-state index in [1.165, 1.54) is 31.2 Å². The minimum atomic E-state index is -4.39. The molecule has 14 heteroatoms. The van der Waals surface area contributed by atoms with Crippen LogP contribution >= 0.6 is 0 Å². The number of anilines is 1. The zero-order valence-corrected chi connectivity index (χ0v) is 34.0. The van der Waals surface area contributed by atoms with Crippen LogP contribution < -0.4 is 14.8 Å². The molecule has 0 aliphatic heterocycles. The van der Waals surface area contributed by atoms with Crippen molar-refractivity contribution in [3.8, 4) is 34.1 Å². The lowest BCUT2D eigenvalue weighted by Crippen LogP contribution is -2.17. The predicted molar refractivity (Wildman–Crippen MR) is 222 cm³/mol. The molecule has 0 unspecified atom stereocenters. The number of benzene rings is 5. The highest BCUT2D eigenvalue weighted by molar-refractivity contribution is 6.09. The first-order valence-corrected chi connectivity index (χ1v) is 19.5. The van der Waals surface area contributed by atoms with Gasteiger partial charge in [-0.1, -0.05) is 31.2 Å². The van der Waals surface area contributed by atoms with Crippen molar-refractivity contribution in [3.63, 3.8) is 0 Å². The van der Waals surface area contributed by atoms with Crippen molar-refractivity contribution in [2.45, 2.75) is 39.3 Å². The first-order valence-electron chi connectivity index (χ1n) is 19.5. The summed E-state index contributed by atoms with van der Waals surface area (Å²) >= 11 is 0. The number of ether oxygens (including phenoxy) is 6. The fraction of sp³-hybridized carbons (Fsp3) is 0.277. The van der Waals surface area contributed by atoms with Gasteiger partial charge in [0.15, 0.2) is 11.6 Å². The molecule has 0 saturated carbocycles. The number of carbonyl (C=O) groups excluding carboxylic acids is 4. The number of halogens is 3. The monoisotopic (exact) mass is 841 g/mol. The summed E-state index contributed by atoms with van der Waals surface area (Å²) in [6.07, 6.45) is -4.85. The van der Waals surface area contributed by atoms with Crippen LogP contribution in [0.25, 0.3) is 11.1 Å². The topological polar surface area (TPSA) is 136 Å². The summed E-state index contributed by atoms with van der Waals surface area (Å²) in [5.41, 5.74) is 2.58. The molecule has 0 radical (unpaired) electrons. The van der Waals surface area contributed by atoms with Gasteiger partial charge in [0.25, 0.3) is 0 Å². The standard InChI is InChI=1S/C47H46F3NO10/c1-4-22-56-24-26-58-45(54)40-19-7-33(29-42(40)31(2)52)34-8-20-41(46(55)59-27-25-57-23-21-47(48,49)50)43(30-34)44(53)28-32-5-11-36(12-6-32)60-38-15-17-39(18-16-38)61-37-13-9-35(51-3)10-14-37/h5-20,29-30,51H,4,21-28H2,1-3H3. The Morgan fingerprint density at radius 2 is 1.02 bits per heavy atom. The molecule has 61 heavy (non-hydrogen) atoms. The molecule has 0 bridgehead atoms. The van der Waals surface area contributed by atoms with Crippen molar-refractivity contribution in [2.24, 2.45) is 0 Å². The SMILES string of the molecule is CCCOCCOC(=O)c1ccc(-c2ccc(C(=O)OCCOCCC(F)(F)F)c(C(=O)Cc3ccc(Oc4ccc(Oc5ccc(NC)cc5)cc4)cc3)c2)cc1C(C)=O. The van der Waals surface area contributed by atoms with E-state index in [1.807, 2.05) is 38.2 Å². The van der Waals surface area contributed by atoms with Crippen LogP contribution in [-0.4, -0.2) is 76.4 Å². The van der Waals surface area contributed by atoms with Gasteiger partial charge in [-0.15, -0.1) is 0 Å². The van der Waals surface area contributed by atoms with Crippen LogP contribution in [0.3, 0.4) is 0 Å². The average molecular weight is 842 g/mol. The third-order valence-corrected chi connectivity index (χ3v) is 9.02. The van der Waals surface area contributed by atoms with E-state index in [9.17, 15) is 32.3 Å². The van der Waals surface area contributed by atoms with Crippen molar-refractivity contribution in [3.05, 3.63) is 137 Å². The number of hydrogen-bond donors (Lipinski definition) is 1. The average Bonchev–Trinajstić information content (AvgIpc) is 3.25. The molecular formula is C47H46F3NO10. The Hall–Kier alpha value is -6.51. The quantitative estimate of drug-likeness (QED) is 0.0405. The lowest BCUT2D eigenvalue weighted by molar-refractivity contribution is -0.145. The molecule has 0 saturated heterocycles. The number of nitrogens with one attached hydrogen (secondary N) is 1. The summed E-state index contributed by atoms with van der Waals surface area (Å²) in [6, 6.07) is 30.5. The second-order valence-electron chi connectivity index (χ2n) is 13.6. The zero-order chi connectivity index (χ0) is 43.8. The summed E-state index contributed by atoms with van der Waals surface area (Å²) in [6.45, 7) is 2.78. The van der Waals surface area contributed by atoms with Gasteiger partial charge in [0.1, 0.15) is 36.2 Å². The zero-order valence-electron chi connectivity index (χ0n) is 34.0. The van der Waals surface area contributed by atoms with Crippen LogP contribution in [0.1, 0.15) is 73.7 Å². The van der Waals surface area contributed by atoms with Crippen molar-refractivity contribution in [1.82, 2.24) is 0 Å². The summed E-state index contributed by atoms with van der Waals surface area (Å²) < 4.78 is 70.3. The summed E-state index contributed by atoms with van der Waals surface area (Å²) in [4.78, 5) is 52.8. The Morgan fingerprint density at radius 1 is 0.557 bits per heavy atom. The molecule has 0 aliphatic carbocycles. The highest BCUT2D eigenvalue weighted by atomic mass is 19.4. The van der Waals surface area contributed by atoms with Crippen LogP contribution in [0.2, 0.25) is 0 Å². The second-order valence-corrected chi connectivity index (χ2v) is 13.6. The molecule has 0 aromatic heterocycles. The number of hydrogen-bond acceptors (Lipinski definition) is 11. The van der Waals surface area contributed by atoms with Gasteiger partial charge >= 0.3 is 18.1 Å². The van der Waals surface area contributed by atoms with Crippen molar-refractivity contribution >= 4 is 29.2 Å². The van der Waals surface area contributed by atoms with E-state index in [2.05, 4.69) is 5.32 Å². The molecule has 0 atom stereocenters. The van der Waals surface area contributed by atoms with E-state index in [0.717, 1.165) is 12.1 Å². The minimum Gasteiger partial charge on any atom is -0.460 e. The fourth-order valence-corrected chi connectivity index (χ4v) is 5.90. The molecule has 5 aromatic rings. The van der Waals surface area contributed by atoms with Crippen molar-refractivity contribution < 1.29 is 60.8 Å². The Bertz CT molecular complexity index is 2260. The van der Waals surface area contributed by atoms with E-state index in [1.54, 1.807) is 60.7 Å². The number of ketones is 2. The molecule has 0 fully saturated rings. The molecule has 0 aliphatic rings. The van der Waals surface area contributed by atoms with Crippen LogP contribution in [0.5, 0.6) is 23.0 Å². The van der Waals surface area contributed by atoms with Gasteiger partial charge in [0.05, 0.1) is 37.4 Å². The van der Waals surface area contributed by atoms with Crippen molar-refractivity contribution in [2.75, 3.05) is 52.0 Å². The lowest BCUT2D eigenvalue weighted by Gasteiger charge is -2.14. The molecule has 5 aromatic carbocycles.